The van der Waals surface area contributed by atoms with Crippen molar-refractivity contribution in [2.45, 2.75) is 31.8 Å². The van der Waals surface area contributed by atoms with Crippen LogP contribution in [-0.4, -0.2) is 5.11 Å². The lowest BCUT2D eigenvalue weighted by atomic mass is 10.0. The first kappa shape index (κ1) is 10.9. The molecule has 1 aliphatic carbocycles. The number of hydrogen-bond acceptors (Lipinski definition) is 1. The molecule has 0 spiro atoms. The van der Waals surface area contributed by atoms with Gasteiger partial charge in [0, 0.05) is 5.56 Å². The molecule has 0 radical (unpaired) electrons. The van der Waals surface area contributed by atoms with Crippen molar-refractivity contribution in [2.75, 3.05) is 0 Å². The zero-order valence-corrected chi connectivity index (χ0v) is 9.39. The standard InChI is InChI=1S/C12H14ClFO/c1-2-4-8-7-12(8,15)9-5-3-6-10(13)11(9)14/h3,5-6,8,15H,2,4,7H2,1H3. The van der Waals surface area contributed by atoms with E-state index in [0.717, 1.165) is 12.8 Å². The SMILES string of the molecule is CCCC1CC1(O)c1cccc(Cl)c1F. The van der Waals surface area contributed by atoms with E-state index in [-0.39, 0.29) is 10.9 Å². The van der Waals surface area contributed by atoms with Crippen LogP contribution < -0.4 is 0 Å². The zero-order chi connectivity index (χ0) is 11.1. The molecule has 15 heavy (non-hydrogen) atoms. The average Bonchev–Trinajstić information content (AvgIpc) is 2.83. The topological polar surface area (TPSA) is 20.2 Å². The highest BCUT2D eigenvalue weighted by Crippen LogP contribution is 2.55. The smallest absolute Gasteiger partial charge is 0.147 e. The molecule has 82 valence electrons. The van der Waals surface area contributed by atoms with Crippen molar-refractivity contribution in [1.29, 1.82) is 0 Å². The van der Waals surface area contributed by atoms with Gasteiger partial charge >= 0.3 is 0 Å². The molecular formula is C12H14ClFO. The van der Waals surface area contributed by atoms with Crippen molar-refractivity contribution in [3.05, 3.63) is 34.6 Å². The minimum Gasteiger partial charge on any atom is -0.385 e. The third kappa shape index (κ3) is 1.77. The Balaban J connectivity index is 2.28. The maximum absolute atomic E-state index is 13.7. The van der Waals surface area contributed by atoms with Crippen molar-refractivity contribution in [1.82, 2.24) is 0 Å². The van der Waals surface area contributed by atoms with Crippen LogP contribution in [0.15, 0.2) is 18.2 Å². The van der Waals surface area contributed by atoms with Crippen LogP contribution in [0.3, 0.4) is 0 Å². The summed E-state index contributed by atoms with van der Waals surface area (Å²) >= 11 is 5.69. The fourth-order valence-electron chi connectivity index (χ4n) is 2.17. The van der Waals surface area contributed by atoms with Gasteiger partial charge in [0.2, 0.25) is 0 Å². The molecule has 0 heterocycles. The quantitative estimate of drug-likeness (QED) is 0.840. The summed E-state index contributed by atoms with van der Waals surface area (Å²) in [5.74, 6) is -0.282. The number of rotatable bonds is 3. The van der Waals surface area contributed by atoms with Gasteiger partial charge in [-0.1, -0.05) is 37.1 Å². The lowest BCUT2D eigenvalue weighted by molar-refractivity contribution is 0.124. The van der Waals surface area contributed by atoms with Crippen LogP contribution in [0, 0.1) is 11.7 Å². The van der Waals surface area contributed by atoms with Gasteiger partial charge in [-0.2, -0.15) is 0 Å². The van der Waals surface area contributed by atoms with Crippen LogP contribution >= 0.6 is 11.6 Å². The first-order valence-corrected chi connectivity index (χ1v) is 5.64. The van der Waals surface area contributed by atoms with Crippen molar-refractivity contribution in [3.8, 4) is 0 Å². The number of aliphatic hydroxyl groups is 1. The van der Waals surface area contributed by atoms with Crippen LogP contribution in [0.1, 0.15) is 31.7 Å². The summed E-state index contributed by atoms with van der Waals surface area (Å²) in [5, 5.41) is 10.3. The maximum Gasteiger partial charge on any atom is 0.147 e. The lowest BCUT2D eigenvalue weighted by Crippen LogP contribution is -2.11. The van der Waals surface area contributed by atoms with Crippen LogP contribution in [-0.2, 0) is 5.60 Å². The molecular weight excluding hydrogens is 215 g/mol. The molecule has 0 saturated heterocycles. The van der Waals surface area contributed by atoms with E-state index in [9.17, 15) is 9.50 Å². The summed E-state index contributed by atoms with van der Waals surface area (Å²) in [6.45, 7) is 2.06. The summed E-state index contributed by atoms with van der Waals surface area (Å²) in [4.78, 5) is 0. The van der Waals surface area contributed by atoms with E-state index in [2.05, 4.69) is 6.92 Å². The Morgan fingerprint density at radius 2 is 2.33 bits per heavy atom. The zero-order valence-electron chi connectivity index (χ0n) is 8.63. The first-order valence-electron chi connectivity index (χ1n) is 5.26. The molecule has 1 aliphatic rings. The second-order valence-corrected chi connectivity index (χ2v) is 4.62. The monoisotopic (exact) mass is 228 g/mol. The minimum absolute atomic E-state index is 0.0862. The van der Waals surface area contributed by atoms with Crippen LogP contribution in [0.4, 0.5) is 4.39 Å². The van der Waals surface area contributed by atoms with E-state index >= 15 is 0 Å². The maximum atomic E-state index is 13.7. The van der Waals surface area contributed by atoms with Crippen molar-refractivity contribution in [2.24, 2.45) is 5.92 Å². The molecule has 0 aliphatic heterocycles. The molecule has 1 aromatic carbocycles. The lowest BCUT2D eigenvalue weighted by Gasteiger charge is -2.12. The fraction of sp³-hybridized carbons (Fsp3) is 0.500. The Bertz CT molecular complexity index is 380. The van der Waals surface area contributed by atoms with E-state index in [0.29, 0.717) is 12.0 Å². The molecule has 3 heteroatoms. The largest absolute Gasteiger partial charge is 0.385 e. The molecule has 1 nitrogen and oxygen atoms in total. The summed E-state index contributed by atoms with van der Waals surface area (Å²) in [7, 11) is 0. The molecule has 1 aromatic rings. The molecule has 0 bridgehead atoms. The highest BCUT2D eigenvalue weighted by atomic mass is 35.5. The molecule has 0 amide bonds. The van der Waals surface area contributed by atoms with Crippen molar-refractivity contribution >= 4 is 11.6 Å². The highest BCUT2D eigenvalue weighted by Gasteiger charge is 2.54. The molecule has 0 aromatic heterocycles. The Labute approximate surface area is 93.9 Å². The second kappa shape index (κ2) is 3.76. The van der Waals surface area contributed by atoms with E-state index in [1.165, 1.54) is 6.07 Å². The molecule has 1 fully saturated rings. The Kier molecular flexibility index (Phi) is 2.73. The predicted octanol–water partition coefficient (Wildman–Crippen LogP) is 3.49. The molecule has 2 atom stereocenters. The van der Waals surface area contributed by atoms with Gasteiger partial charge in [0.05, 0.1) is 10.6 Å². The van der Waals surface area contributed by atoms with Gasteiger partial charge in [0.15, 0.2) is 0 Å². The molecule has 2 unspecified atom stereocenters. The van der Waals surface area contributed by atoms with E-state index < -0.39 is 11.4 Å². The summed E-state index contributed by atoms with van der Waals surface area (Å²) in [6.07, 6.45) is 2.59. The number of benzene rings is 1. The average molecular weight is 229 g/mol. The first-order chi connectivity index (χ1) is 7.09. The molecule has 2 rings (SSSR count). The summed E-state index contributed by atoms with van der Waals surface area (Å²) in [5.41, 5.74) is -0.612. The number of hydrogen-bond donors (Lipinski definition) is 1. The molecule has 1 N–H and O–H groups in total. The third-order valence-corrected chi connectivity index (χ3v) is 3.42. The minimum atomic E-state index is -0.967. The summed E-state index contributed by atoms with van der Waals surface area (Å²) in [6, 6.07) is 4.80. The number of halogens is 2. The van der Waals surface area contributed by atoms with Gasteiger partial charge in [-0.15, -0.1) is 0 Å². The molecule has 1 saturated carbocycles. The van der Waals surface area contributed by atoms with Gasteiger partial charge in [-0.25, -0.2) is 4.39 Å². The van der Waals surface area contributed by atoms with Crippen molar-refractivity contribution in [3.63, 3.8) is 0 Å². The van der Waals surface area contributed by atoms with E-state index in [1.807, 2.05) is 0 Å². The fourth-order valence-corrected chi connectivity index (χ4v) is 2.35. The van der Waals surface area contributed by atoms with E-state index in [1.54, 1.807) is 12.1 Å². The Hall–Kier alpha value is -0.600. The van der Waals surface area contributed by atoms with Gasteiger partial charge in [0.1, 0.15) is 5.82 Å². The van der Waals surface area contributed by atoms with Gasteiger partial charge < -0.3 is 5.11 Å². The van der Waals surface area contributed by atoms with Crippen LogP contribution in [0.2, 0.25) is 5.02 Å². The highest BCUT2D eigenvalue weighted by molar-refractivity contribution is 6.30. The third-order valence-electron chi connectivity index (χ3n) is 3.13. The second-order valence-electron chi connectivity index (χ2n) is 4.22. The normalized spacial score (nSPS) is 29.2. The summed E-state index contributed by atoms with van der Waals surface area (Å²) < 4.78 is 13.7. The predicted molar refractivity (Wildman–Crippen MR) is 58.3 cm³/mol. The van der Waals surface area contributed by atoms with Crippen LogP contribution in [0.25, 0.3) is 0 Å². The van der Waals surface area contributed by atoms with Crippen LogP contribution in [0.5, 0.6) is 0 Å². The Morgan fingerprint density at radius 3 is 3.00 bits per heavy atom. The van der Waals surface area contributed by atoms with Crippen molar-refractivity contribution < 1.29 is 9.50 Å². The van der Waals surface area contributed by atoms with Gasteiger partial charge in [0.25, 0.3) is 0 Å². The van der Waals surface area contributed by atoms with Gasteiger partial charge in [-0.05, 0) is 24.8 Å². The Morgan fingerprint density at radius 1 is 1.60 bits per heavy atom. The van der Waals surface area contributed by atoms with E-state index in [4.69, 9.17) is 11.6 Å². The van der Waals surface area contributed by atoms with Gasteiger partial charge in [-0.3, -0.25) is 0 Å².